The molecule has 104 valence electrons. The van der Waals surface area contributed by atoms with Crippen LogP contribution in [0.1, 0.15) is 10.4 Å². The molecular weight excluding hydrogens is 329 g/mol. The molecule has 0 aliphatic heterocycles. The Labute approximate surface area is 123 Å². The molecule has 1 heterocycles. The number of pyridine rings is 1. The van der Waals surface area contributed by atoms with E-state index in [1.54, 1.807) is 0 Å². The number of esters is 1. The van der Waals surface area contributed by atoms with Gasteiger partial charge >= 0.3 is 5.97 Å². The van der Waals surface area contributed by atoms with Gasteiger partial charge in [0.2, 0.25) is 0 Å². The molecule has 0 bridgehead atoms. The highest BCUT2D eigenvalue weighted by molar-refractivity contribution is 9.10. The first-order valence-electron chi connectivity index (χ1n) is 5.57. The summed E-state index contributed by atoms with van der Waals surface area (Å²) in [6.45, 7) is 0. The summed E-state index contributed by atoms with van der Waals surface area (Å²) in [7, 11) is 1.27. The normalized spacial score (nSPS) is 10.2. The Balaban J connectivity index is 2.37. The number of aromatic nitrogens is 1. The molecule has 2 rings (SSSR count). The van der Waals surface area contributed by atoms with Gasteiger partial charge in [-0.2, -0.15) is 0 Å². The molecular formula is C13H11BrFN3O2. The van der Waals surface area contributed by atoms with Crippen LogP contribution < -0.4 is 11.1 Å². The van der Waals surface area contributed by atoms with Gasteiger partial charge < -0.3 is 15.8 Å². The first-order chi connectivity index (χ1) is 9.52. The predicted molar refractivity (Wildman–Crippen MR) is 77.4 cm³/mol. The summed E-state index contributed by atoms with van der Waals surface area (Å²) in [5, 5.41) is 2.93. The lowest BCUT2D eigenvalue weighted by atomic mass is 10.2. The monoisotopic (exact) mass is 339 g/mol. The molecule has 5 nitrogen and oxygen atoms in total. The van der Waals surface area contributed by atoms with Gasteiger partial charge in [-0.25, -0.2) is 14.2 Å². The van der Waals surface area contributed by atoms with Crippen LogP contribution >= 0.6 is 15.9 Å². The molecule has 0 saturated carbocycles. The molecule has 1 aromatic heterocycles. The Kier molecular flexibility index (Phi) is 4.19. The lowest BCUT2D eigenvalue weighted by Crippen LogP contribution is -2.09. The molecule has 0 aliphatic carbocycles. The molecule has 0 saturated heterocycles. The van der Waals surface area contributed by atoms with Crippen molar-refractivity contribution in [2.45, 2.75) is 0 Å². The van der Waals surface area contributed by atoms with E-state index in [1.165, 1.54) is 37.6 Å². The highest BCUT2D eigenvalue weighted by Crippen LogP contribution is 2.29. The van der Waals surface area contributed by atoms with Gasteiger partial charge in [0, 0.05) is 10.7 Å². The predicted octanol–water partition coefficient (Wildman–Crippen LogP) is 3.10. The van der Waals surface area contributed by atoms with E-state index in [4.69, 9.17) is 5.73 Å². The van der Waals surface area contributed by atoms with Crippen LogP contribution in [0.15, 0.2) is 34.9 Å². The second kappa shape index (κ2) is 5.87. The van der Waals surface area contributed by atoms with E-state index in [0.717, 1.165) is 0 Å². The van der Waals surface area contributed by atoms with Crippen LogP contribution in [0.25, 0.3) is 0 Å². The molecule has 0 unspecified atom stereocenters. The first kappa shape index (κ1) is 14.3. The summed E-state index contributed by atoms with van der Waals surface area (Å²) in [6, 6.07) is 5.60. The van der Waals surface area contributed by atoms with Gasteiger partial charge in [-0.3, -0.25) is 0 Å². The summed E-state index contributed by atoms with van der Waals surface area (Å²) < 4.78 is 18.2. The van der Waals surface area contributed by atoms with Crippen molar-refractivity contribution >= 4 is 39.1 Å². The largest absolute Gasteiger partial charge is 0.465 e. The van der Waals surface area contributed by atoms with Crippen molar-refractivity contribution in [1.82, 2.24) is 4.98 Å². The van der Waals surface area contributed by atoms with Gasteiger partial charge in [-0.1, -0.05) is 0 Å². The molecule has 0 spiro atoms. The van der Waals surface area contributed by atoms with Crippen molar-refractivity contribution in [2.24, 2.45) is 0 Å². The molecule has 20 heavy (non-hydrogen) atoms. The number of methoxy groups -OCH3 is 1. The zero-order valence-corrected chi connectivity index (χ0v) is 12.1. The van der Waals surface area contributed by atoms with Crippen molar-refractivity contribution < 1.29 is 13.9 Å². The Hall–Kier alpha value is -2.15. The van der Waals surface area contributed by atoms with Gasteiger partial charge in [0.15, 0.2) is 5.82 Å². The number of rotatable bonds is 3. The highest BCUT2D eigenvalue weighted by atomic mass is 79.9. The van der Waals surface area contributed by atoms with Crippen molar-refractivity contribution in [3.63, 3.8) is 0 Å². The van der Waals surface area contributed by atoms with Crippen LogP contribution in [0, 0.1) is 5.82 Å². The summed E-state index contributed by atoms with van der Waals surface area (Å²) in [5.74, 6) is -0.627. The van der Waals surface area contributed by atoms with Crippen molar-refractivity contribution in [1.29, 1.82) is 0 Å². The van der Waals surface area contributed by atoms with E-state index in [1.807, 2.05) is 0 Å². The average Bonchev–Trinajstić information content (AvgIpc) is 2.43. The van der Waals surface area contributed by atoms with Crippen LogP contribution in [0.2, 0.25) is 0 Å². The molecule has 7 heteroatoms. The fourth-order valence-electron chi connectivity index (χ4n) is 1.58. The van der Waals surface area contributed by atoms with Crippen molar-refractivity contribution in [2.75, 3.05) is 18.2 Å². The number of hydrogen-bond acceptors (Lipinski definition) is 5. The number of ether oxygens (including phenoxy) is 1. The summed E-state index contributed by atoms with van der Waals surface area (Å²) in [6.07, 6.45) is 1.43. The second-order valence-electron chi connectivity index (χ2n) is 3.86. The number of hydrogen-bond donors (Lipinski definition) is 2. The number of anilines is 3. The zero-order chi connectivity index (χ0) is 14.7. The van der Waals surface area contributed by atoms with Crippen LogP contribution in [0.4, 0.5) is 21.6 Å². The minimum absolute atomic E-state index is 0.163. The standard InChI is InChI=1S/C13H11BrFN3O2/c1-20-13(19)8-4-5-17-12(11(8)16)18-10-3-2-7(15)6-9(10)14/h2-6H,16H2,1H3,(H,17,18). The van der Waals surface area contributed by atoms with Crippen molar-refractivity contribution in [3.05, 3.63) is 46.3 Å². The number of nitrogens with two attached hydrogens (primary N) is 1. The molecule has 0 atom stereocenters. The molecule has 0 fully saturated rings. The Morgan fingerprint density at radius 2 is 2.20 bits per heavy atom. The van der Waals surface area contributed by atoms with Gasteiger partial charge in [-0.05, 0) is 40.2 Å². The molecule has 0 aliphatic rings. The van der Waals surface area contributed by atoms with E-state index >= 15 is 0 Å². The number of nitrogen functional groups attached to an aromatic ring is 1. The number of carbonyl (C=O) groups excluding carboxylic acids is 1. The lowest BCUT2D eigenvalue weighted by molar-refractivity contribution is 0.0602. The Morgan fingerprint density at radius 1 is 1.45 bits per heavy atom. The Bertz CT molecular complexity index is 664. The number of halogens is 2. The van der Waals surface area contributed by atoms with Crippen LogP contribution in [0.3, 0.4) is 0 Å². The van der Waals surface area contributed by atoms with Crippen LogP contribution in [-0.4, -0.2) is 18.1 Å². The third-order valence-electron chi connectivity index (χ3n) is 2.58. The second-order valence-corrected chi connectivity index (χ2v) is 4.72. The van der Waals surface area contributed by atoms with Gasteiger partial charge in [-0.15, -0.1) is 0 Å². The SMILES string of the molecule is COC(=O)c1ccnc(Nc2ccc(F)cc2Br)c1N. The van der Waals surface area contributed by atoms with E-state index in [2.05, 4.69) is 31.0 Å². The molecule has 0 amide bonds. The topological polar surface area (TPSA) is 77.2 Å². The Morgan fingerprint density at radius 3 is 2.85 bits per heavy atom. The number of nitrogens with zero attached hydrogens (tertiary/aromatic N) is 1. The average molecular weight is 340 g/mol. The number of carbonyl (C=O) groups is 1. The number of benzene rings is 1. The maximum Gasteiger partial charge on any atom is 0.340 e. The minimum atomic E-state index is -0.550. The number of nitrogens with one attached hydrogen (secondary N) is 1. The van der Waals surface area contributed by atoms with Crippen LogP contribution in [0.5, 0.6) is 0 Å². The third kappa shape index (κ3) is 2.88. The van der Waals surface area contributed by atoms with E-state index < -0.39 is 5.97 Å². The van der Waals surface area contributed by atoms with E-state index in [9.17, 15) is 9.18 Å². The van der Waals surface area contributed by atoms with E-state index in [-0.39, 0.29) is 17.1 Å². The maximum absolute atomic E-state index is 13.0. The molecule has 1 aromatic carbocycles. The maximum atomic E-state index is 13.0. The quantitative estimate of drug-likeness (QED) is 0.840. The van der Waals surface area contributed by atoms with Crippen molar-refractivity contribution in [3.8, 4) is 0 Å². The van der Waals surface area contributed by atoms with Gasteiger partial charge in [0.25, 0.3) is 0 Å². The van der Waals surface area contributed by atoms with E-state index in [0.29, 0.717) is 16.0 Å². The van der Waals surface area contributed by atoms with Gasteiger partial charge in [0.1, 0.15) is 5.82 Å². The molecule has 3 N–H and O–H groups in total. The third-order valence-corrected chi connectivity index (χ3v) is 3.24. The first-order valence-corrected chi connectivity index (χ1v) is 6.37. The fourth-order valence-corrected chi connectivity index (χ4v) is 2.03. The molecule has 0 radical (unpaired) electrons. The lowest BCUT2D eigenvalue weighted by Gasteiger charge is -2.12. The minimum Gasteiger partial charge on any atom is -0.465 e. The summed E-state index contributed by atoms with van der Waals surface area (Å²) in [5.41, 5.74) is 6.82. The summed E-state index contributed by atoms with van der Waals surface area (Å²) >= 11 is 3.23. The van der Waals surface area contributed by atoms with Crippen LogP contribution in [-0.2, 0) is 4.74 Å². The highest BCUT2D eigenvalue weighted by Gasteiger charge is 2.14. The molecule has 2 aromatic rings. The summed E-state index contributed by atoms with van der Waals surface area (Å²) in [4.78, 5) is 15.6. The zero-order valence-electron chi connectivity index (χ0n) is 10.5. The fraction of sp³-hybridized carbons (Fsp3) is 0.0769. The smallest absolute Gasteiger partial charge is 0.340 e. The van der Waals surface area contributed by atoms with Gasteiger partial charge in [0.05, 0.1) is 24.0 Å².